The molecular weight excluding hydrogens is 248 g/mol. The number of hydrogen-bond acceptors (Lipinski definition) is 4. The summed E-state index contributed by atoms with van der Waals surface area (Å²) in [5.41, 5.74) is 0.822. The van der Waals surface area contributed by atoms with Gasteiger partial charge in [-0.2, -0.15) is 0 Å². The number of hydrogen-bond donors (Lipinski definition) is 2. The molecule has 1 heterocycles. The maximum Gasteiger partial charge on any atom is 0.322 e. The first-order valence-electron chi connectivity index (χ1n) is 5.55. The Morgan fingerprint density at radius 1 is 1.32 bits per heavy atom. The van der Waals surface area contributed by atoms with Gasteiger partial charge in [0.2, 0.25) is 0 Å². The number of nitrogens with zero attached hydrogens (tertiary/aromatic N) is 1. The summed E-state index contributed by atoms with van der Waals surface area (Å²) in [5.74, 6) is -0.906. The fourth-order valence-corrected chi connectivity index (χ4v) is 1.60. The lowest BCUT2D eigenvalue weighted by molar-refractivity contribution is -0.135. The number of carbonyl (C=O) groups excluding carboxylic acids is 1. The standard InChI is InChI=1S/C13H12N2O4/c1-19-9-3-5-10-8(6-9)2-4-11(15-10)13(18)14-7-12(16)17/h2-6H,7H2,1H3,(H,14,18)(H,16,17). The molecule has 1 aromatic heterocycles. The molecule has 0 aliphatic rings. The van der Waals surface area contributed by atoms with Crippen LogP contribution in [0.25, 0.3) is 10.9 Å². The van der Waals surface area contributed by atoms with Crippen molar-refractivity contribution in [1.82, 2.24) is 10.3 Å². The van der Waals surface area contributed by atoms with E-state index in [1.54, 1.807) is 37.4 Å². The average Bonchev–Trinajstić information content (AvgIpc) is 2.43. The zero-order chi connectivity index (χ0) is 13.8. The monoisotopic (exact) mass is 260 g/mol. The zero-order valence-electron chi connectivity index (χ0n) is 10.2. The molecule has 0 bridgehead atoms. The molecule has 0 saturated carbocycles. The lowest BCUT2D eigenvalue weighted by Gasteiger charge is -2.05. The Kier molecular flexibility index (Phi) is 3.61. The Morgan fingerprint density at radius 3 is 2.79 bits per heavy atom. The molecule has 0 fully saturated rings. The first kappa shape index (κ1) is 12.8. The predicted molar refractivity (Wildman–Crippen MR) is 68.3 cm³/mol. The van der Waals surface area contributed by atoms with Crippen LogP contribution in [0.4, 0.5) is 0 Å². The molecule has 0 saturated heterocycles. The second-order valence-electron chi connectivity index (χ2n) is 3.83. The number of amides is 1. The maximum atomic E-state index is 11.7. The lowest BCUT2D eigenvalue weighted by Crippen LogP contribution is -2.29. The zero-order valence-corrected chi connectivity index (χ0v) is 10.2. The van der Waals surface area contributed by atoms with Crippen molar-refractivity contribution in [2.24, 2.45) is 0 Å². The van der Waals surface area contributed by atoms with Gasteiger partial charge >= 0.3 is 5.97 Å². The third-order valence-corrected chi connectivity index (χ3v) is 2.53. The first-order chi connectivity index (χ1) is 9.10. The average molecular weight is 260 g/mol. The van der Waals surface area contributed by atoms with Crippen LogP contribution < -0.4 is 10.1 Å². The van der Waals surface area contributed by atoms with E-state index in [-0.39, 0.29) is 5.69 Å². The number of carboxylic acids is 1. The number of fused-ring (bicyclic) bond motifs is 1. The minimum atomic E-state index is -1.10. The van der Waals surface area contributed by atoms with Crippen molar-refractivity contribution in [1.29, 1.82) is 0 Å². The number of pyridine rings is 1. The van der Waals surface area contributed by atoms with Crippen LogP contribution in [0.15, 0.2) is 30.3 Å². The highest BCUT2D eigenvalue weighted by Gasteiger charge is 2.09. The lowest BCUT2D eigenvalue weighted by atomic mass is 10.2. The van der Waals surface area contributed by atoms with Gasteiger partial charge in [0, 0.05) is 5.39 Å². The fourth-order valence-electron chi connectivity index (χ4n) is 1.60. The summed E-state index contributed by atoms with van der Waals surface area (Å²) < 4.78 is 5.09. The second kappa shape index (κ2) is 5.34. The Hall–Kier alpha value is -2.63. The number of aliphatic carboxylic acids is 1. The van der Waals surface area contributed by atoms with E-state index in [2.05, 4.69) is 10.3 Å². The molecule has 2 N–H and O–H groups in total. The van der Waals surface area contributed by atoms with E-state index in [4.69, 9.17) is 9.84 Å². The minimum Gasteiger partial charge on any atom is -0.497 e. The summed E-state index contributed by atoms with van der Waals surface area (Å²) in [6.07, 6.45) is 0. The quantitative estimate of drug-likeness (QED) is 0.858. The van der Waals surface area contributed by atoms with Crippen LogP contribution in [0.1, 0.15) is 10.5 Å². The highest BCUT2D eigenvalue weighted by atomic mass is 16.5. The predicted octanol–water partition coefficient (Wildman–Crippen LogP) is 1.06. The van der Waals surface area contributed by atoms with Crippen molar-refractivity contribution in [3.05, 3.63) is 36.0 Å². The van der Waals surface area contributed by atoms with Crippen LogP contribution in [-0.2, 0) is 4.79 Å². The van der Waals surface area contributed by atoms with E-state index in [1.165, 1.54) is 0 Å². The third kappa shape index (κ3) is 2.98. The van der Waals surface area contributed by atoms with Crippen LogP contribution >= 0.6 is 0 Å². The van der Waals surface area contributed by atoms with E-state index in [0.29, 0.717) is 11.3 Å². The third-order valence-electron chi connectivity index (χ3n) is 2.53. The molecule has 0 aliphatic heterocycles. The number of aromatic nitrogens is 1. The number of nitrogens with one attached hydrogen (secondary N) is 1. The normalized spacial score (nSPS) is 10.2. The molecule has 19 heavy (non-hydrogen) atoms. The number of rotatable bonds is 4. The Balaban J connectivity index is 2.26. The van der Waals surface area contributed by atoms with Crippen molar-refractivity contribution < 1.29 is 19.4 Å². The van der Waals surface area contributed by atoms with Crippen LogP contribution in [0, 0.1) is 0 Å². The van der Waals surface area contributed by atoms with Gasteiger partial charge in [0.1, 0.15) is 18.0 Å². The minimum absolute atomic E-state index is 0.180. The topological polar surface area (TPSA) is 88.5 Å². The molecule has 2 rings (SSSR count). The van der Waals surface area contributed by atoms with Gasteiger partial charge in [-0.3, -0.25) is 9.59 Å². The first-order valence-corrected chi connectivity index (χ1v) is 5.55. The summed E-state index contributed by atoms with van der Waals surface area (Å²) in [6, 6.07) is 8.57. The van der Waals surface area contributed by atoms with Crippen molar-refractivity contribution >= 4 is 22.8 Å². The highest BCUT2D eigenvalue weighted by Crippen LogP contribution is 2.19. The summed E-state index contributed by atoms with van der Waals surface area (Å²) in [7, 11) is 1.57. The fraction of sp³-hybridized carbons (Fsp3) is 0.154. The summed E-state index contributed by atoms with van der Waals surface area (Å²) in [6.45, 7) is -0.429. The molecule has 6 heteroatoms. The van der Waals surface area contributed by atoms with Gasteiger partial charge in [0.25, 0.3) is 5.91 Å². The Bertz CT molecular complexity index is 640. The molecule has 1 amide bonds. The molecule has 0 aliphatic carbocycles. The molecule has 0 atom stereocenters. The number of carboxylic acid groups (broad SMARTS) is 1. The van der Waals surface area contributed by atoms with Crippen molar-refractivity contribution in [2.75, 3.05) is 13.7 Å². The van der Waals surface area contributed by atoms with Crippen molar-refractivity contribution in [3.63, 3.8) is 0 Å². The summed E-state index contributed by atoms with van der Waals surface area (Å²) in [5, 5.41) is 11.6. The Labute approximate surface area is 109 Å². The van der Waals surface area contributed by atoms with Crippen LogP contribution in [0.2, 0.25) is 0 Å². The number of ether oxygens (including phenoxy) is 1. The molecule has 0 spiro atoms. The van der Waals surface area contributed by atoms with Gasteiger partial charge in [0.15, 0.2) is 0 Å². The molecule has 0 unspecified atom stereocenters. The van der Waals surface area contributed by atoms with Crippen LogP contribution in [0.5, 0.6) is 5.75 Å². The van der Waals surface area contributed by atoms with Gasteiger partial charge in [-0.25, -0.2) is 4.98 Å². The maximum absolute atomic E-state index is 11.7. The summed E-state index contributed by atoms with van der Waals surface area (Å²) >= 11 is 0. The number of methoxy groups -OCH3 is 1. The van der Waals surface area contributed by atoms with E-state index in [9.17, 15) is 9.59 Å². The van der Waals surface area contributed by atoms with E-state index < -0.39 is 18.4 Å². The molecular formula is C13H12N2O4. The van der Waals surface area contributed by atoms with Crippen molar-refractivity contribution in [3.8, 4) is 5.75 Å². The largest absolute Gasteiger partial charge is 0.497 e. The van der Waals surface area contributed by atoms with E-state index >= 15 is 0 Å². The number of benzene rings is 1. The van der Waals surface area contributed by atoms with Crippen LogP contribution in [0.3, 0.4) is 0 Å². The molecule has 6 nitrogen and oxygen atoms in total. The van der Waals surface area contributed by atoms with Gasteiger partial charge in [-0.1, -0.05) is 6.07 Å². The highest BCUT2D eigenvalue weighted by molar-refractivity contribution is 5.96. The molecule has 1 aromatic carbocycles. The second-order valence-corrected chi connectivity index (χ2v) is 3.83. The molecule has 2 aromatic rings. The van der Waals surface area contributed by atoms with Crippen molar-refractivity contribution in [2.45, 2.75) is 0 Å². The molecule has 98 valence electrons. The van der Waals surface area contributed by atoms with Crippen LogP contribution in [-0.4, -0.2) is 35.6 Å². The number of carbonyl (C=O) groups is 2. The van der Waals surface area contributed by atoms with E-state index in [0.717, 1.165) is 5.39 Å². The van der Waals surface area contributed by atoms with Gasteiger partial charge in [0.05, 0.1) is 12.6 Å². The smallest absolute Gasteiger partial charge is 0.322 e. The van der Waals surface area contributed by atoms with Gasteiger partial charge in [-0.15, -0.1) is 0 Å². The Morgan fingerprint density at radius 2 is 2.11 bits per heavy atom. The SMILES string of the molecule is COc1ccc2nc(C(=O)NCC(=O)O)ccc2c1. The van der Waals surface area contributed by atoms with Gasteiger partial charge < -0.3 is 15.2 Å². The van der Waals surface area contributed by atoms with E-state index in [1.807, 2.05) is 0 Å². The van der Waals surface area contributed by atoms with Gasteiger partial charge in [-0.05, 0) is 24.3 Å². The summed E-state index contributed by atoms with van der Waals surface area (Å²) in [4.78, 5) is 26.2. The molecule has 0 radical (unpaired) electrons.